The van der Waals surface area contributed by atoms with Gasteiger partial charge in [-0.05, 0) is 37.3 Å². The molecule has 1 aromatic heterocycles. The Balaban J connectivity index is 1.99. The van der Waals surface area contributed by atoms with Crippen LogP contribution >= 0.6 is 11.6 Å². The van der Waals surface area contributed by atoms with Gasteiger partial charge in [0.25, 0.3) is 5.91 Å². The summed E-state index contributed by atoms with van der Waals surface area (Å²) < 4.78 is 0. The third kappa shape index (κ3) is 3.41. The predicted molar refractivity (Wildman–Crippen MR) is 64.9 cm³/mol. The van der Waals surface area contributed by atoms with Crippen molar-refractivity contribution in [1.82, 2.24) is 10.3 Å². The zero-order valence-electron chi connectivity index (χ0n) is 9.40. The molecule has 1 atom stereocenters. The minimum Gasteiger partial charge on any atom is -0.396 e. The first-order chi connectivity index (χ1) is 8.20. The SMILES string of the molecule is O=C(NC(CCO)C1CC1)c1cc(Cl)ccn1. The molecule has 92 valence electrons. The third-order valence-corrected chi connectivity index (χ3v) is 3.14. The van der Waals surface area contributed by atoms with Gasteiger partial charge in [0.2, 0.25) is 0 Å². The number of nitrogens with zero attached hydrogens (tertiary/aromatic N) is 1. The monoisotopic (exact) mass is 254 g/mol. The molecule has 1 aromatic rings. The summed E-state index contributed by atoms with van der Waals surface area (Å²) in [6.45, 7) is 0.0877. The van der Waals surface area contributed by atoms with Crippen LogP contribution in [0.4, 0.5) is 0 Å². The highest BCUT2D eigenvalue weighted by Gasteiger charge is 2.32. The van der Waals surface area contributed by atoms with Crippen LogP contribution in [0.2, 0.25) is 5.02 Å². The van der Waals surface area contributed by atoms with Gasteiger partial charge in [0.1, 0.15) is 5.69 Å². The van der Waals surface area contributed by atoms with Crippen molar-refractivity contribution in [3.63, 3.8) is 0 Å². The summed E-state index contributed by atoms with van der Waals surface area (Å²) in [4.78, 5) is 15.9. The topological polar surface area (TPSA) is 62.2 Å². The number of nitrogens with one attached hydrogen (secondary N) is 1. The second-order valence-electron chi connectivity index (χ2n) is 4.29. The van der Waals surface area contributed by atoms with E-state index in [1.165, 1.54) is 6.20 Å². The lowest BCUT2D eigenvalue weighted by Gasteiger charge is -2.16. The van der Waals surface area contributed by atoms with Crippen molar-refractivity contribution >= 4 is 17.5 Å². The normalized spacial score (nSPS) is 16.6. The van der Waals surface area contributed by atoms with Crippen molar-refractivity contribution in [2.45, 2.75) is 25.3 Å². The molecule has 5 heteroatoms. The number of rotatable bonds is 5. The van der Waals surface area contributed by atoms with E-state index in [0.29, 0.717) is 23.1 Å². The van der Waals surface area contributed by atoms with Gasteiger partial charge in [-0.15, -0.1) is 0 Å². The Bertz CT molecular complexity index is 407. The van der Waals surface area contributed by atoms with Crippen LogP contribution in [0.15, 0.2) is 18.3 Å². The van der Waals surface area contributed by atoms with Crippen LogP contribution in [0.25, 0.3) is 0 Å². The fraction of sp³-hybridized carbons (Fsp3) is 0.500. The zero-order chi connectivity index (χ0) is 12.3. The average Bonchev–Trinajstić information content (AvgIpc) is 3.12. The van der Waals surface area contributed by atoms with Gasteiger partial charge >= 0.3 is 0 Å². The van der Waals surface area contributed by atoms with Crippen LogP contribution in [-0.4, -0.2) is 28.6 Å². The Morgan fingerprint density at radius 3 is 3.00 bits per heavy atom. The fourth-order valence-electron chi connectivity index (χ4n) is 1.83. The van der Waals surface area contributed by atoms with Crippen molar-refractivity contribution in [3.05, 3.63) is 29.0 Å². The van der Waals surface area contributed by atoms with E-state index in [1.54, 1.807) is 12.1 Å². The van der Waals surface area contributed by atoms with Gasteiger partial charge in [-0.3, -0.25) is 9.78 Å². The maximum absolute atomic E-state index is 11.9. The van der Waals surface area contributed by atoms with Gasteiger partial charge in [0.15, 0.2) is 0 Å². The second kappa shape index (κ2) is 5.47. The van der Waals surface area contributed by atoms with E-state index in [0.717, 1.165) is 12.8 Å². The molecular weight excluding hydrogens is 240 g/mol. The maximum atomic E-state index is 11.9. The molecular formula is C12H15ClN2O2. The van der Waals surface area contributed by atoms with Crippen LogP contribution < -0.4 is 5.32 Å². The van der Waals surface area contributed by atoms with E-state index in [2.05, 4.69) is 10.3 Å². The molecule has 0 bridgehead atoms. The van der Waals surface area contributed by atoms with Gasteiger partial charge in [-0.2, -0.15) is 0 Å². The first kappa shape index (κ1) is 12.3. The third-order valence-electron chi connectivity index (χ3n) is 2.90. The lowest BCUT2D eigenvalue weighted by molar-refractivity contribution is 0.0919. The molecule has 0 saturated heterocycles. The molecule has 1 heterocycles. The smallest absolute Gasteiger partial charge is 0.270 e. The Labute approximate surface area is 105 Å². The van der Waals surface area contributed by atoms with E-state index in [1.807, 2.05) is 0 Å². The Morgan fingerprint density at radius 1 is 1.65 bits per heavy atom. The number of pyridine rings is 1. The van der Waals surface area contributed by atoms with Crippen molar-refractivity contribution < 1.29 is 9.90 Å². The summed E-state index contributed by atoms with van der Waals surface area (Å²) >= 11 is 5.80. The summed E-state index contributed by atoms with van der Waals surface area (Å²) in [6.07, 6.45) is 4.34. The Morgan fingerprint density at radius 2 is 2.41 bits per heavy atom. The van der Waals surface area contributed by atoms with Gasteiger partial charge in [-0.1, -0.05) is 11.6 Å². The van der Waals surface area contributed by atoms with Gasteiger partial charge < -0.3 is 10.4 Å². The highest BCUT2D eigenvalue weighted by atomic mass is 35.5. The molecule has 1 unspecified atom stereocenters. The van der Waals surface area contributed by atoms with E-state index in [9.17, 15) is 4.79 Å². The van der Waals surface area contributed by atoms with Crippen molar-refractivity contribution in [1.29, 1.82) is 0 Å². The molecule has 2 rings (SSSR count). The molecule has 1 fully saturated rings. The summed E-state index contributed by atoms with van der Waals surface area (Å²) in [7, 11) is 0. The van der Waals surface area contributed by atoms with Crippen molar-refractivity contribution in [2.75, 3.05) is 6.61 Å². The molecule has 0 aromatic carbocycles. The first-order valence-electron chi connectivity index (χ1n) is 5.74. The van der Waals surface area contributed by atoms with Crippen LogP contribution in [-0.2, 0) is 0 Å². The number of aliphatic hydroxyl groups excluding tert-OH is 1. The lowest BCUT2D eigenvalue weighted by atomic mass is 10.1. The summed E-state index contributed by atoms with van der Waals surface area (Å²) in [5.41, 5.74) is 0.320. The van der Waals surface area contributed by atoms with E-state index in [4.69, 9.17) is 16.7 Å². The van der Waals surface area contributed by atoms with Crippen LogP contribution in [0.3, 0.4) is 0 Å². The minimum absolute atomic E-state index is 0.0493. The average molecular weight is 255 g/mol. The second-order valence-corrected chi connectivity index (χ2v) is 4.73. The number of carbonyl (C=O) groups is 1. The molecule has 0 radical (unpaired) electrons. The van der Waals surface area contributed by atoms with E-state index < -0.39 is 0 Å². The van der Waals surface area contributed by atoms with E-state index in [-0.39, 0.29) is 18.6 Å². The number of hydrogen-bond donors (Lipinski definition) is 2. The highest BCUT2D eigenvalue weighted by molar-refractivity contribution is 6.30. The molecule has 1 aliphatic rings. The van der Waals surface area contributed by atoms with Crippen LogP contribution in [0.1, 0.15) is 29.8 Å². The largest absolute Gasteiger partial charge is 0.396 e. The quantitative estimate of drug-likeness (QED) is 0.840. The van der Waals surface area contributed by atoms with Gasteiger partial charge in [0.05, 0.1) is 0 Å². The van der Waals surface area contributed by atoms with Crippen molar-refractivity contribution in [3.8, 4) is 0 Å². The number of aliphatic hydroxyl groups is 1. The minimum atomic E-state index is -0.224. The summed E-state index contributed by atoms with van der Waals surface area (Å²) in [5, 5.41) is 12.4. The Hall–Kier alpha value is -1.13. The maximum Gasteiger partial charge on any atom is 0.270 e. The first-order valence-corrected chi connectivity index (χ1v) is 6.12. The predicted octanol–water partition coefficient (Wildman–Crippen LogP) is 1.63. The molecule has 17 heavy (non-hydrogen) atoms. The van der Waals surface area contributed by atoms with Crippen LogP contribution in [0, 0.1) is 5.92 Å². The molecule has 1 amide bonds. The highest BCUT2D eigenvalue weighted by Crippen LogP contribution is 2.34. The standard InChI is InChI=1S/C12H15ClN2O2/c13-9-3-5-14-11(7-9)12(17)15-10(4-6-16)8-1-2-8/h3,5,7-8,10,16H,1-2,4,6H2,(H,15,17). The van der Waals surface area contributed by atoms with Crippen LogP contribution in [0.5, 0.6) is 0 Å². The number of aromatic nitrogens is 1. The number of carbonyl (C=O) groups excluding carboxylic acids is 1. The molecule has 0 aliphatic heterocycles. The molecule has 0 spiro atoms. The fourth-order valence-corrected chi connectivity index (χ4v) is 1.99. The lowest BCUT2D eigenvalue weighted by Crippen LogP contribution is -2.37. The number of amides is 1. The summed E-state index contributed by atoms with van der Waals surface area (Å²) in [6, 6.07) is 3.22. The van der Waals surface area contributed by atoms with E-state index >= 15 is 0 Å². The van der Waals surface area contributed by atoms with Crippen molar-refractivity contribution in [2.24, 2.45) is 5.92 Å². The molecule has 1 aliphatic carbocycles. The Kier molecular flexibility index (Phi) is 3.97. The van der Waals surface area contributed by atoms with Gasteiger partial charge in [0, 0.05) is 23.9 Å². The zero-order valence-corrected chi connectivity index (χ0v) is 10.2. The van der Waals surface area contributed by atoms with Gasteiger partial charge in [-0.25, -0.2) is 0 Å². The number of hydrogen-bond acceptors (Lipinski definition) is 3. The molecule has 2 N–H and O–H groups in total. The molecule has 1 saturated carbocycles. The summed E-state index contributed by atoms with van der Waals surface area (Å²) in [5.74, 6) is 0.281. The number of halogens is 1. The molecule has 4 nitrogen and oxygen atoms in total.